The van der Waals surface area contributed by atoms with Crippen LogP contribution in [0.15, 0.2) is 42.5 Å². The predicted octanol–water partition coefficient (Wildman–Crippen LogP) is 4.02. The first-order valence-electron chi connectivity index (χ1n) is 7.91. The van der Waals surface area contributed by atoms with Crippen molar-refractivity contribution in [2.75, 3.05) is 12.4 Å². The van der Waals surface area contributed by atoms with Gasteiger partial charge in [-0.25, -0.2) is 0 Å². The second kappa shape index (κ2) is 6.79. The van der Waals surface area contributed by atoms with Gasteiger partial charge in [-0.2, -0.15) is 0 Å². The second-order valence-electron chi connectivity index (χ2n) is 5.89. The van der Waals surface area contributed by atoms with Gasteiger partial charge in [0.15, 0.2) is 0 Å². The van der Waals surface area contributed by atoms with Crippen LogP contribution in [0.5, 0.6) is 5.75 Å². The smallest absolute Gasteiger partial charge is 0.271 e. The number of methoxy groups -OCH3 is 1. The average Bonchev–Trinajstić information content (AvgIpc) is 2.62. The summed E-state index contributed by atoms with van der Waals surface area (Å²) >= 11 is 0. The number of aryl methyl sites for hydroxylation is 2. The topological polar surface area (TPSA) is 94.4 Å². The van der Waals surface area contributed by atoms with Gasteiger partial charge in [0, 0.05) is 17.5 Å². The molecule has 0 fully saturated rings. The quantitative estimate of drug-likeness (QED) is 0.566. The molecule has 132 valence electrons. The Labute approximate surface area is 149 Å². The number of pyridine rings is 1. The third-order valence-corrected chi connectivity index (χ3v) is 4.14. The first-order valence-corrected chi connectivity index (χ1v) is 7.91. The number of rotatable bonds is 4. The van der Waals surface area contributed by atoms with Gasteiger partial charge in [-0.15, -0.1) is 0 Å². The summed E-state index contributed by atoms with van der Waals surface area (Å²) < 4.78 is 5.21. The lowest BCUT2D eigenvalue weighted by molar-refractivity contribution is -0.384. The molecule has 0 unspecified atom stereocenters. The zero-order valence-corrected chi connectivity index (χ0v) is 14.6. The number of ether oxygens (including phenoxy) is 1. The van der Waals surface area contributed by atoms with Crippen LogP contribution in [-0.2, 0) is 0 Å². The molecule has 0 radical (unpaired) electrons. The highest BCUT2D eigenvalue weighted by molar-refractivity contribution is 6.07. The number of fused-ring (bicyclic) bond motifs is 1. The van der Waals surface area contributed by atoms with Crippen molar-refractivity contribution in [3.63, 3.8) is 0 Å². The number of non-ortho nitro benzene ring substituents is 1. The van der Waals surface area contributed by atoms with Crippen LogP contribution in [0.25, 0.3) is 10.9 Å². The molecule has 3 aromatic rings. The Balaban J connectivity index is 1.98. The number of nitro groups is 1. The van der Waals surface area contributed by atoms with Crippen molar-refractivity contribution in [3.8, 4) is 5.75 Å². The van der Waals surface area contributed by atoms with Gasteiger partial charge in [0.05, 0.1) is 34.5 Å². The molecule has 0 saturated carbocycles. The number of hydrogen-bond acceptors (Lipinski definition) is 5. The van der Waals surface area contributed by atoms with E-state index in [-0.39, 0.29) is 11.6 Å². The summed E-state index contributed by atoms with van der Waals surface area (Å²) in [7, 11) is 1.57. The van der Waals surface area contributed by atoms with E-state index in [1.165, 1.54) is 12.1 Å². The Morgan fingerprint density at radius 2 is 1.92 bits per heavy atom. The van der Waals surface area contributed by atoms with E-state index in [4.69, 9.17) is 4.74 Å². The largest absolute Gasteiger partial charge is 0.497 e. The number of benzene rings is 2. The van der Waals surface area contributed by atoms with Gasteiger partial charge in [-0.05, 0) is 43.7 Å². The fraction of sp³-hybridized carbons (Fsp3) is 0.158. The number of nitro benzene ring substituents is 1. The summed E-state index contributed by atoms with van der Waals surface area (Å²) in [6.45, 7) is 3.52. The van der Waals surface area contributed by atoms with Crippen molar-refractivity contribution in [3.05, 3.63) is 69.4 Å². The standard InChI is InChI=1S/C19H17N3O4/c1-11-4-5-14(22(24)25)10-18(11)21-19(23)16-9-13-8-15(26-3)6-7-17(13)20-12(16)2/h4-10H,1-3H3,(H,21,23). The highest BCUT2D eigenvalue weighted by atomic mass is 16.6. The molecule has 2 aromatic carbocycles. The fourth-order valence-corrected chi connectivity index (χ4v) is 2.66. The van der Waals surface area contributed by atoms with Crippen LogP contribution in [0.4, 0.5) is 11.4 Å². The lowest BCUT2D eigenvalue weighted by atomic mass is 10.1. The molecule has 0 aliphatic carbocycles. The molecule has 0 spiro atoms. The molecule has 1 amide bonds. The van der Waals surface area contributed by atoms with Crippen LogP contribution in [0, 0.1) is 24.0 Å². The van der Waals surface area contributed by atoms with E-state index in [2.05, 4.69) is 10.3 Å². The minimum absolute atomic E-state index is 0.0796. The molecular weight excluding hydrogens is 334 g/mol. The molecule has 1 heterocycles. The van der Waals surface area contributed by atoms with Crippen LogP contribution in [0.3, 0.4) is 0 Å². The maximum Gasteiger partial charge on any atom is 0.271 e. The van der Waals surface area contributed by atoms with Crippen LogP contribution in [0.2, 0.25) is 0 Å². The minimum atomic E-state index is -0.496. The molecule has 26 heavy (non-hydrogen) atoms. The first kappa shape index (κ1) is 17.3. The van der Waals surface area contributed by atoms with E-state index in [0.717, 1.165) is 16.5 Å². The van der Waals surface area contributed by atoms with Gasteiger partial charge in [0.25, 0.3) is 11.6 Å². The number of nitrogens with zero attached hydrogens (tertiary/aromatic N) is 2. The first-order chi connectivity index (χ1) is 12.4. The van der Waals surface area contributed by atoms with Gasteiger partial charge < -0.3 is 10.1 Å². The van der Waals surface area contributed by atoms with E-state index in [1.807, 2.05) is 6.07 Å². The van der Waals surface area contributed by atoms with Gasteiger partial charge in [-0.3, -0.25) is 19.9 Å². The van der Waals surface area contributed by atoms with E-state index in [1.54, 1.807) is 45.2 Å². The van der Waals surface area contributed by atoms with E-state index in [9.17, 15) is 14.9 Å². The van der Waals surface area contributed by atoms with E-state index >= 15 is 0 Å². The summed E-state index contributed by atoms with van der Waals surface area (Å²) in [5.74, 6) is 0.298. The molecule has 0 aliphatic rings. The van der Waals surface area contributed by atoms with Crippen molar-refractivity contribution in [2.45, 2.75) is 13.8 Å². The van der Waals surface area contributed by atoms with Crippen LogP contribution in [-0.4, -0.2) is 22.9 Å². The Hall–Kier alpha value is -3.48. The summed E-state index contributed by atoms with van der Waals surface area (Å²) in [5.41, 5.74) is 2.78. The van der Waals surface area contributed by atoms with Crippen LogP contribution < -0.4 is 10.1 Å². The number of carbonyl (C=O) groups excluding carboxylic acids is 1. The van der Waals surface area contributed by atoms with Crippen molar-refractivity contribution >= 4 is 28.2 Å². The lowest BCUT2D eigenvalue weighted by Gasteiger charge is -2.11. The van der Waals surface area contributed by atoms with Crippen molar-refractivity contribution in [1.29, 1.82) is 0 Å². The number of hydrogen-bond donors (Lipinski definition) is 1. The van der Waals surface area contributed by atoms with Crippen molar-refractivity contribution in [2.24, 2.45) is 0 Å². The zero-order valence-electron chi connectivity index (χ0n) is 14.6. The Kier molecular flexibility index (Phi) is 4.53. The molecule has 7 heteroatoms. The highest BCUT2D eigenvalue weighted by Crippen LogP contribution is 2.25. The Bertz CT molecular complexity index is 1030. The second-order valence-corrected chi connectivity index (χ2v) is 5.89. The van der Waals surface area contributed by atoms with Gasteiger partial charge in [0.2, 0.25) is 0 Å². The molecule has 0 atom stereocenters. The molecule has 1 N–H and O–H groups in total. The molecule has 0 aliphatic heterocycles. The Morgan fingerprint density at radius 3 is 2.62 bits per heavy atom. The Morgan fingerprint density at radius 1 is 1.15 bits per heavy atom. The highest BCUT2D eigenvalue weighted by Gasteiger charge is 2.15. The number of amides is 1. The molecule has 0 bridgehead atoms. The van der Waals surface area contributed by atoms with E-state index in [0.29, 0.717) is 22.7 Å². The third-order valence-electron chi connectivity index (χ3n) is 4.14. The number of carbonyl (C=O) groups is 1. The van der Waals surface area contributed by atoms with Crippen LogP contribution >= 0.6 is 0 Å². The maximum atomic E-state index is 12.7. The number of anilines is 1. The predicted molar refractivity (Wildman–Crippen MR) is 98.8 cm³/mol. The maximum absolute atomic E-state index is 12.7. The third kappa shape index (κ3) is 3.32. The van der Waals surface area contributed by atoms with Crippen molar-refractivity contribution in [1.82, 2.24) is 4.98 Å². The van der Waals surface area contributed by atoms with Gasteiger partial charge in [-0.1, -0.05) is 6.07 Å². The zero-order chi connectivity index (χ0) is 18.8. The van der Waals surface area contributed by atoms with Gasteiger partial charge in [0.1, 0.15) is 5.75 Å². The molecule has 3 rings (SSSR count). The lowest BCUT2D eigenvalue weighted by Crippen LogP contribution is -2.15. The van der Waals surface area contributed by atoms with Crippen molar-refractivity contribution < 1.29 is 14.5 Å². The molecule has 1 aromatic heterocycles. The fourth-order valence-electron chi connectivity index (χ4n) is 2.66. The monoisotopic (exact) mass is 351 g/mol. The van der Waals surface area contributed by atoms with Gasteiger partial charge >= 0.3 is 0 Å². The minimum Gasteiger partial charge on any atom is -0.497 e. The molecule has 7 nitrogen and oxygen atoms in total. The SMILES string of the molecule is COc1ccc2nc(C)c(C(=O)Nc3cc([N+](=O)[O-])ccc3C)cc2c1. The summed E-state index contributed by atoms with van der Waals surface area (Å²) in [6.07, 6.45) is 0. The average molecular weight is 351 g/mol. The van der Waals surface area contributed by atoms with Crippen LogP contribution in [0.1, 0.15) is 21.6 Å². The molecular formula is C19H17N3O4. The number of aromatic nitrogens is 1. The summed E-state index contributed by atoms with van der Waals surface area (Å²) in [5, 5.41) is 14.5. The summed E-state index contributed by atoms with van der Waals surface area (Å²) in [6, 6.07) is 11.5. The molecule has 0 saturated heterocycles. The summed E-state index contributed by atoms with van der Waals surface area (Å²) in [4.78, 5) is 27.6. The normalized spacial score (nSPS) is 10.6. The number of nitrogens with one attached hydrogen (secondary N) is 1. The van der Waals surface area contributed by atoms with E-state index < -0.39 is 4.92 Å².